The molecule has 0 radical (unpaired) electrons. The van der Waals surface area contributed by atoms with Crippen molar-refractivity contribution in [3.63, 3.8) is 0 Å². The van der Waals surface area contributed by atoms with Crippen LogP contribution in [0.15, 0.2) is 5.18 Å². The lowest BCUT2D eigenvalue weighted by Crippen LogP contribution is -2.21. The molecule has 1 aliphatic rings. The number of halogens is 1. The van der Waals surface area contributed by atoms with Crippen molar-refractivity contribution < 1.29 is 0 Å². The van der Waals surface area contributed by atoms with E-state index in [4.69, 9.17) is 0 Å². The largest absolute Gasteiger partial charge is 0.150 e. The summed E-state index contributed by atoms with van der Waals surface area (Å²) in [5.41, 5.74) is 0. The van der Waals surface area contributed by atoms with E-state index < -0.39 is 0 Å². The van der Waals surface area contributed by atoms with Gasteiger partial charge in [-0.15, -0.1) is 0 Å². The number of nitrogens with zero attached hydrogens (tertiary/aromatic N) is 1. The summed E-state index contributed by atoms with van der Waals surface area (Å²) in [4.78, 5) is 10.4. The fourth-order valence-electron chi connectivity index (χ4n) is 1.18. The van der Waals surface area contributed by atoms with Crippen molar-refractivity contribution in [2.24, 2.45) is 5.18 Å². The second-order valence-electron chi connectivity index (χ2n) is 2.47. The average Bonchev–Trinajstić information content (AvgIpc) is 1.89. The molecular weight excluding hydrogens is 182 g/mol. The highest BCUT2D eigenvalue weighted by Crippen LogP contribution is 2.26. The Hall–Kier alpha value is 0.0800. The van der Waals surface area contributed by atoms with Gasteiger partial charge in [-0.3, -0.25) is 0 Å². The minimum Gasteiger partial charge on any atom is -0.150 e. The highest BCUT2D eigenvalue weighted by Gasteiger charge is 2.22. The number of rotatable bonds is 1. The standard InChI is InChI=1S/C6H10BrNO/c7-5-3-1-2-4-6(5)8-9/h5-6H,1-4H2. The summed E-state index contributed by atoms with van der Waals surface area (Å²) in [6.07, 6.45) is 4.48. The molecule has 1 aliphatic carbocycles. The molecule has 3 heteroatoms. The van der Waals surface area contributed by atoms with Crippen molar-refractivity contribution in [2.45, 2.75) is 36.6 Å². The normalized spacial score (nSPS) is 36.1. The molecule has 0 amide bonds. The third kappa shape index (κ3) is 1.75. The number of hydrogen-bond donors (Lipinski definition) is 0. The lowest BCUT2D eigenvalue weighted by atomic mass is 9.96. The molecule has 9 heavy (non-hydrogen) atoms. The number of alkyl halides is 1. The predicted molar refractivity (Wildman–Crippen MR) is 40.8 cm³/mol. The van der Waals surface area contributed by atoms with Crippen molar-refractivity contribution in [3.8, 4) is 0 Å². The molecule has 2 unspecified atom stereocenters. The van der Waals surface area contributed by atoms with Gasteiger partial charge in [0, 0.05) is 4.83 Å². The summed E-state index contributed by atoms with van der Waals surface area (Å²) in [5.74, 6) is 0. The van der Waals surface area contributed by atoms with Crippen LogP contribution in [0.2, 0.25) is 0 Å². The topological polar surface area (TPSA) is 29.4 Å². The Morgan fingerprint density at radius 1 is 1.33 bits per heavy atom. The summed E-state index contributed by atoms with van der Waals surface area (Å²) in [6, 6.07) is 0.0405. The van der Waals surface area contributed by atoms with Gasteiger partial charge in [0.15, 0.2) is 0 Å². The van der Waals surface area contributed by atoms with Gasteiger partial charge < -0.3 is 0 Å². The van der Waals surface area contributed by atoms with E-state index in [1.54, 1.807) is 0 Å². The third-order valence-electron chi connectivity index (χ3n) is 1.78. The molecule has 0 heterocycles. The van der Waals surface area contributed by atoms with E-state index in [9.17, 15) is 4.91 Å². The fourth-order valence-corrected chi connectivity index (χ4v) is 1.87. The Balaban J connectivity index is 2.38. The number of hydrogen-bond acceptors (Lipinski definition) is 2. The molecule has 0 aromatic carbocycles. The molecule has 1 saturated carbocycles. The Labute approximate surface area is 63.1 Å². The first kappa shape index (κ1) is 7.19. The Morgan fingerprint density at radius 3 is 2.44 bits per heavy atom. The molecule has 0 N–H and O–H groups in total. The van der Waals surface area contributed by atoms with Gasteiger partial charge >= 0.3 is 0 Å². The molecule has 0 aliphatic heterocycles. The van der Waals surface area contributed by atoms with Crippen molar-refractivity contribution in [1.29, 1.82) is 0 Å². The van der Waals surface area contributed by atoms with Crippen LogP contribution in [0.25, 0.3) is 0 Å². The van der Waals surface area contributed by atoms with Gasteiger partial charge in [-0.1, -0.05) is 33.9 Å². The van der Waals surface area contributed by atoms with Crippen LogP contribution in [-0.2, 0) is 0 Å². The first-order valence-electron chi connectivity index (χ1n) is 3.31. The van der Waals surface area contributed by atoms with E-state index >= 15 is 0 Å². The highest BCUT2D eigenvalue weighted by atomic mass is 79.9. The molecule has 52 valence electrons. The minimum absolute atomic E-state index is 0.0405. The fraction of sp³-hybridized carbons (Fsp3) is 1.00. The average molecular weight is 192 g/mol. The lowest BCUT2D eigenvalue weighted by Gasteiger charge is -2.20. The Kier molecular flexibility index (Phi) is 2.64. The molecule has 1 rings (SSSR count). The molecule has 1 fully saturated rings. The van der Waals surface area contributed by atoms with Gasteiger partial charge in [-0.2, -0.15) is 4.91 Å². The van der Waals surface area contributed by atoms with Crippen molar-refractivity contribution in [1.82, 2.24) is 0 Å². The van der Waals surface area contributed by atoms with Crippen molar-refractivity contribution in [2.75, 3.05) is 0 Å². The first-order valence-corrected chi connectivity index (χ1v) is 4.22. The van der Waals surface area contributed by atoms with E-state index in [0.717, 1.165) is 12.8 Å². The molecule has 0 bridgehead atoms. The second kappa shape index (κ2) is 3.30. The van der Waals surface area contributed by atoms with E-state index in [2.05, 4.69) is 21.1 Å². The molecule has 0 spiro atoms. The summed E-state index contributed by atoms with van der Waals surface area (Å²) in [7, 11) is 0. The van der Waals surface area contributed by atoms with E-state index in [0.29, 0.717) is 4.83 Å². The lowest BCUT2D eigenvalue weighted by molar-refractivity contribution is 0.458. The van der Waals surface area contributed by atoms with Crippen molar-refractivity contribution in [3.05, 3.63) is 4.91 Å². The second-order valence-corrected chi connectivity index (χ2v) is 3.65. The summed E-state index contributed by atoms with van der Waals surface area (Å²) >= 11 is 3.42. The van der Waals surface area contributed by atoms with Gasteiger partial charge in [0.25, 0.3) is 0 Å². The molecule has 0 saturated heterocycles. The van der Waals surface area contributed by atoms with Gasteiger partial charge in [0.1, 0.15) is 6.04 Å². The highest BCUT2D eigenvalue weighted by molar-refractivity contribution is 9.09. The van der Waals surface area contributed by atoms with Crippen LogP contribution in [0, 0.1) is 4.91 Å². The van der Waals surface area contributed by atoms with Gasteiger partial charge in [-0.25, -0.2) is 0 Å². The van der Waals surface area contributed by atoms with E-state index in [-0.39, 0.29) is 6.04 Å². The smallest absolute Gasteiger partial charge is 0.104 e. The zero-order chi connectivity index (χ0) is 6.69. The van der Waals surface area contributed by atoms with Gasteiger partial charge in [0.2, 0.25) is 0 Å². The van der Waals surface area contributed by atoms with Crippen LogP contribution in [0.3, 0.4) is 0 Å². The van der Waals surface area contributed by atoms with E-state index in [1.165, 1.54) is 12.8 Å². The predicted octanol–water partition coefficient (Wildman–Crippen LogP) is 2.46. The molecule has 2 nitrogen and oxygen atoms in total. The van der Waals surface area contributed by atoms with Crippen LogP contribution in [0.5, 0.6) is 0 Å². The maximum Gasteiger partial charge on any atom is 0.104 e. The molecule has 2 atom stereocenters. The third-order valence-corrected chi connectivity index (χ3v) is 2.85. The molecule has 0 aromatic rings. The zero-order valence-corrected chi connectivity index (χ0v) is 6.80. The van der Waals surface area contributed by atoms with Crippen molar-refractivity contribution >= 4 is 15.9 Å². The first-order chi connectivity index (χ1) is 4.34. The maximum absolute atomic E-state index is 10.1. The summed E-state index contributed by atoms with van der Waals surface area (Å²) in [6.45, 7) is 0. The van der Waals surface area contributed by atoms with E-state index in [1.807, 2.05) is 0 Å². The van der Waals surface area contributed by atoms with Gasteiger partial charge in [-0.05, 0) is 12.8 Å². The Morgan fingerprint density at radius 2 is 2.00 bits per heavy atom. The van der Waals surface area contributed by atoms with Gasteiger partial charge in [0.05, 0.1) is 0 Å². The maximum atomic E-state index is 10.1. The minimum atomic E-state index is 0.0405. The summed E-state index contributed by atoms with van der Waals surface area (Å²) in [5, 5.41) is 3.03. The van der Waals surface area contributed by atoms with Crippen LogP contribution in [0.1, 0.15) is 25.7 Å². The quantitative estimate of drug-likeness (QED) is 0.463. The zero-order valence-electron chi connectivity index (χ0n) is 5.22. The number of nitroso groups, excluding NO2 is 1. The summed E-state index contributed by atoms with van der Waals surface area (Å²) < 4.78 is 0. The van der Waals surface area contributed by atoms with Crippen LogP contribution >= 0.6 is 15.9 Å². The molecule has 0 aromatic heterocycles. The van der Waals surface area contributed by atoms with Crippen LogP contribution in [-0.4, -0.2) is 10.9 Å². The van der Waals surface area contributed by atoms with Crippen LogP contribution in [0.4, 0.5) is 0 Å². The Bertz CT molecular complexity index is 107. The monoisotopic (exact) mass is 191 g/mol. The SMILES string of the molecule is O=NC1CCCCC1Br. The van der Waals surface area contributed by atoms with Crippen LogP contribution < -0.4 is 0 Å². The molecular formula is C6H10BrNO.